The third-order valence-electron chi connectivity index (χ3n) is 6.49. The molecule has 0 aromatic carbocycles. The second-order valence-electron chi connectivity index (χ2n) is 8.62. The topological polar surface area (TPSA) is 43.8 Å². The van der Waals surface area contributed by atoms with Crippen molar-refractivity contribution in [1.29, 1.82) is 0 Å². The van der Waals surface area contributed by atoms with Crippen LogP contribution in [-0.4, -0.2) is 9.78 Å². The highest BCUT2D eigenvalue weighted by Crippen LogP contribution is 2.61. The molecule has 4 aliphatic rings. The van der Waals surface area contributed by atoms with Crippen molar-refractivity contribution in [3.8, 4) is 0 Å². The van der Waals surface area contributed by atoms with Crippen molar-refractivity contribution in [1.82, 2.24) is 9.78 Å². The molecule has 3 heteroatoms. The maximum Gasteiger partial charge on any atom is 0.125 e. The molecule has 4 bridgehead atoms. The molecular weight excluding hydrogens is 258 g/mol. The minimum Gasteiger partial charge on any atom is -0.384 e. The zero-order valence-corrected chi connectivity index (χ0v) is 13.7. The Kier molecular flexibility index (Phi) is 2.93. The lowest BCUT2D eigenvalue weighted by atomic mass is 9.48. The molecule has 0 amide bonds. The summed E-state index contributed by atoms with van der Waals surface area (Å²) >= 11 is 0. The van der Waals surface area contributed by atoms with E-state index in [1.165, 1.54) is 56.2 Å². The summed E-state index contributed by atoms with van der Waals surface area (Å²) in [4.78, 5) is 0. The minimum absolute atomic E-state index is 0.475. The van der Waals surface area contributed by atoms with Crippen LogP contribution in [0.3, 0.4) is 0 Å². The summed E-state index contributed by atoms with van der Waals surface area (Å²) in [6, 6.07) is 0. The van der Waals surface area contributed by atoms with Gasteiger partial charge in [-0.2, -0.15) is 5.10 Å². The fourth-order valence-electron chi connectivity index (χ4n) is 6.23. The Morgan fingerprint density at radius 1 is 1.14 bits per heavy atom. The van der Waals surface area contributed by atoms with Crippen LogP contribution in [0.1, 0.15) is 69.5 Å². The van der Waals surface area contributed by atoms with Crippen LogP contribution in [0.15, 0.2) is 0 Å². The molecule has 0 radical (unpaired) electrons. The Balaban J connectivity index is 1.66. The van der Waals surface area contributed by atoms with Gasteiger partial charge in [0.2, 0.25) is 0 Å². The maximum atomic E-state index is 6.27. The highest BCUT2D eigenvalue weighted by atomic mass is 15.3. The zero-order valence-electron chi connectivity index (χ0n) is 13.7. The Hall–Kier alpha value is -0.990. The molecule has 0 atom stereocenters. The number of nitrogens with zero attached hydrogens (tertiary/aromatic N) is 2. The number of rotatable bonds is 3. The van der Waals surface area contributed by atoms with E-state index in [9.17, 15) is 0 Å². The standard InChI is InChI=1S/C18H29N3/c1-11(2)16-15(20-21(3)17(16)19)10-18-7-12-4-13(8-18)6-14(5-12)9-18/h11-14H,4-10,19H2,1-3H3. The number of nitrogen functional groups attached to an aromatic ring is 1. The highest BCUT2D eigenvalue weighted by Gasteiger charge is 2.51. The van der Waals surface area contributed by atoms with Gasteiger partial charge in [0.25, 0.3) is 0 Å². The van der Waals surface area contributed by atoms with Gasteiger partial charge in [-0.1, -0.05) is 13.8 Å². The lowest BCUT2D eigenvalue weighted by Gasteiger charge is -2.57. The minimum atomic E-state index is 0.475. The van der Waals surface area contributed by atoms with Crippen LogP contribution >= 0.6 is 0 Å². The first-order valence-corrected chi connectivity index (χ1v) is 8.77. The summed E-state index contributed by atoms with van der Waals surface area (Å²) in [6.07, 6.45) is 10.1. The fourth-order valence-corrected chi connectivity index (χ4v) is 6.23. The first kappa shape index (κ1) is 13.7. The van der Waals surface area contributed by atoms with Crippen molar-refractivity contribution in [3.05, 3.63) is 11.3 Å². The van der Waals surface area contributed by atoms with E-state index in [0.717, 1.165) is 23.6 Å². The second kappa shape index (κ2) is 4.50. The molecule has 2 N–H and O–H groups in total. The van der Waals surface area contributed by atoms with Crippen LogP contribution in [0.25, 0.3) is 0 Å². The molecule has 4 aliphatic carbocycles. The van der Waals surface area contributed by atoms with Crippen LogP contribution in [0.5, 0.6) is 0 Å². The molecule has 0 aliphatic heterocycles. The average Bonchev–Trinajstić information content (AvgIpc) is 2.61. The highest BCUT2D eigenvalue weighted by molar-refractivity contribution is 5.46. The Bertz CT molecular complexity index is 520. The summed E-state index contributed by atoms with van der Waals surface area (Å²) < 4.78 is 1.89. The van der Waals surface area contributed by atoms with Gasteiger partial charge in [-0.05, 0) is 74.0 Å². The van der Waals surface area contributed by atoms with Gasteiger partial charge in [0, 0.05) is 12.6 Å². The molecule has 5 rings (SSSR count). The lowest BCUT2D eigenvalue weighted by molar-refractivity contribution is -0.0528. The number of aromatic nitrogens is 2. The molecule has 0 saturated heterocycles. The SMILES string of the molecule is CC(C)c1c(CC23CC4CC(CC(C4)C2)C3)nn(C)c1N. The molecule has 4 saturated carbocycles. The van der Waals surface area contributed by atoms with E-state index in [2.05, 4.69) is 13.8 Å². The average molecular weight is 287 g/mol. The van der Waals surface area contributed by atoms with Crippen LogP contribution in [-0.2, 0) is 13.5 Å². The Labute approximate surface area is 128 Å². The monoisotopic (exact) mass is 287 g/mol. The molecule has 4 fully saturated rings. The number of hydrogen-bond acceptors (Lipinski definition) is 2. The van der Waals surface area contributed by atoms with Gasteiger partial charge < -0.3 is 5.73 Å². The van der Waals surface area contributed by atoms with E-state index in [1.54, 1.807) is 0 Å². The zero-order chi connectivity index (χ0) is 14.8. The van der Waals surface area contributed by atoms with Crippen molar-refractivity contribution < 1.29 is 0 Å². The Morgan fingerprint density at radius 3 is 2.14 bits per heavy atom. The molecule has 0 unspecified atom stereocenters. The van der Waals surface area contributed by atoms with Gasteiger partial charge in [-0.15, -0.1) is 0 Å². The third-order valence-corrected chi connectivity index (χ3v) is 6.49. The normalized spacial score (nSPS) is 37.6. The fraction of sp³-hybridized carbons (Fsp3) is 0.833. The number of anilines is 1. The predicted octanol–water partition coefficient (Wildman–Crippen LogP) is 3.88. The van der Waals surface area contributed by atoms with Gasteiger partial charge in [0.1, 0.15) is 5.82 Å². The summed E-state index contributed by atoms with van der Waals surface area (Å²) in [5.41, 5.74) is 9.44. The van der Waals surface area contributed by atoms with Gasteiger partial charge in [0.15, 0.2) is 0 Å². The van der Waals surface area contributed by atoms with Gasteiger partial charge in [0.05, 0.1) is 5.69 Å². The summed E-state index contributed by atoms with van der Waals surface area (Å²) in [7, 11) is 1.99. The van der Waals surface area contributed by atoms with Crippen molar-refractivity contribution >= 4 is 5.82 Å². The molecule has 1 aromatic rings. The predicted molar refractivity (Wildman–Crippen MR) is 86.0 cm³/mol. The maximum absolute atomic E-state index is 6.27. The third kappa shape index (κ3) is 2.11. The summed E-state index contributed by atoms with van der Waals surface area (Å²) in [5.74, 6) is 4.40. The molecule has 21 heavy (non-hydrogen) atoms. The van der Waals surface area contributed by atoms with Crippen LogP contribution in [0, 0.1) is 23.2 Å². The van der Waals surface area contributed by atoms with Crippen LogP contribution in [0.2, 0.25) is 0 Å². The lowest BCUT2D eigenvalue weighted by Crippen LogP contribution is -2.47. The summed E-state index contributed by atoms with van der Waals surface area (Å²) in [6.45, 7) is 4.49. The largest absolute Gasteiger partial charge is 0.384 e. The van der Waals surface area contributed by atoms with Gasteiger partial charge in [-0.25, -0.2) is 0 Å². The van der Waals surface area contributed by atoms with Crippen molar-refractivity contribution in [2.75, 3.05) is 5.73 Å². The number of hydrogen-bond donors (Lipinski definition) is 1. The Morgan fingerprint density at radius 2 is 1.67 bits per heavy atom. The van der Waals surface area contributed by atoms with E-state index < -0.39 is 0 Å². The number of aryl methyl sites for hydroxylation is 1. The van der Waals surface area contributed by atoms with Gasteiger partial charge >= 0.3 is 0 Å². The van der Waals surface area contributed by atoms with E-state index >= 15 is 0 Å². The van der Waals surface area contributed by atoms with E-state index in [0.29, 0.717) is 11.3 Å². The first-order valence-electron chi connectivity index (χ1n) is 8.77. The molecule has 0 spiro atoms. The van der Waals surface area contributed by atoms with Crippen molar-refractivity contribution in [3.63, 3.8) is 0 Å². The molecule has 3 nitrogen and oxygen atoms in total. The molecule has 116 valence electrons. The molecular formula is C18H29N3. The smallest absolute Gasteiger partial charge is 0.125 e. The van der Waals surface area contributed by atoms with E-state index in [1.807, 2.05) is 11.7 Å². The second-order valence-corrected chi connectivity index (χ2v) is 8.62. The van der Waals surface area contributed by atoms with Crippen molar-refractivity contribution in [2.24, 2.45) is 30.2 Å². The van der Waals surface area contributed by atoms with E-state index in [4.69, 9.17) is 10.8 Å². The summed E-state index contributed by atoms with van der Waals surface area (Å²) in [5, 5.41) is 4.80. The van der Waals surface area contributed by atoms with E-state index in [-0.39, 0.29) is 0 Å². The quantitative estimate of drug-likeness (QED) is 0.916. The van der Waals surface area contributed by atoms with Crippen molar-refractivity contribution in [2.45, 2.75) is 64.7 Å². The number of nitrogens with two attached hydrogens (primary N) is 1. The molecule has 1 heterocycles. The molecule has 1 aromatic heterocycles. The van der Waals surface area contributed by atoms with Crippen LogP contribution < -0.4 is 5.73 Å². The van der Waals surface area contributed by atoms with Gasteiger partial charge in [-0.3, -0.25) is 4.68 Å². The van der Waals surface area contributed by atoms with Crippen LogP contribution in [0.4, 0.5) is 5.82 Å². The first-order chi connectivity index (χ1) is 9.96.